The minimum Gasteiger partial charge on any atom is -0.480 e. The molecule has 0 saturated heterocycles. The molecule has 1 saturated carbocycles. The third-order valence-electron chi connectivity index (χ3n) is 3.49. The van der Waals surface area contributed by atoms with Gasteiger partial charge in [-0.1, -0.05) is 0 Å². The van der Waals surface area contributed by atoms with Crippen LogP contribution in [0.3, 0.4) is 0 Å². The van der Waals surface area contributed by atoms with E-state index in [-0.39, 0.29) is 5.92 Å². The highest BCUT2D eigenvalue weighted by Crippen LogP contribution is 2.39. The van der Waals surface area contributed by atoms with Gasteiger partial charge in [-0.25, -0.2) is 0 Å². The van der Waals surface area contributed by atoms with Gasteiger partial charge in [0.05, 0.1) is 0 Å². The first kappa shape index (κ1) is 12.0. The van der Waals surface area contributed by atoms with E-state index in [1.54, 1.807) is 19.3 Å². The first-order valence-electron chi connectivity index (χ1n) is 6.00. The van der Waals surface area contributed by atoms with E-state index >= 15 is 0 Å². The lowest BCUT2D eigenvalue weighted by molar-refractivity contribution is -0.145. The van der Waals surface area contributed by atoms with Gasteiger partial charge in [-0.2, -0.15) is 0 Å². The van der Waals surface area contributed by atoms with Crippen molar-refractivity contribution in [3.05, 3.63) is 30.1 Å². The summed E-state index contributed by atoms with van der Waals surface area (Å²) in [5.41, 5.74) is 0.420. The molecule has 1 fully saturated rings. The van der Waals surface area contributed by atoms with Gasteiger partial charge < -0.3 is 10.4 Å². The number of rotatable bonds is 6. The standard InChI is InChI=1S/C13H18N2O2/c1-13(12(16)17,11-2-3-11)15-9-6-10-4-7-14-8-5-10/h4-5,7-8,11,15H,2-3,6,9H2,1H3,(H,16,17). The number of aromatic nitrogens is 1. The predicted molar refractivity (Wildman–Crippen MR) is 64.7 cm³/mol. The van der Waals surface area contributed by atoms with Crippen molar-refractivity contribution in [1.29, 1.82) is 0 Å². The summed E-state index contributed by atoms with van der Waals surface area (Å²) in [6.07, 6.45) is 6.38. The Kier molecular flexibility index (Phi) is 3.43. The van der Waals surface area contributed by atoms with Gasteiger partial charge in [0.15, 0.2) is 0 Å². The highest BCUT2D eigenvalue weighted by Gasteiger charge is 2.46. The average molecular weight is 234 g/mol. The van der Waals surface area contributed by atoms with Gasteiger partial charge >= 0.3 is 5.97 Å². The molecule has 1 unspecified atom stereocenters. The van der Waals surface area contributed by atoms with Crippen molar-refractivity contribution in [1.82, 2.24) is 10.3 Å². The van der Waals surface area contributed by atoms with Crippen molar-refractivity contribution in [3.8, 4) is 0 Å². The number of carbonyl (C=O) groups is 1. The second kappa shape index (κ2) is 4.84. The summed E-state index contributed by atoms with van der Waals surface area (Å²) in [5, 5.41) is 12.5. The molecule has 0 aliphatic heterocycles. The largest absolute Gasteiger partial charge is 0.480 e. The van der Waals surface area contributed by atoms with Crippen LogP contribution in [0.2, 0.25) is 0 Å². The lowest BCUT2D eigenvalue weighted by Crippen LogP contribution is -2.52. The first-order valence-corrected chi connectivity index (χ1v) is 6.00. The third kappa shape index (κ3) is 2.82. The fourth-order valence-electron chi connectivity index (χ4n) is 2.07. The fraction of sp³-hybridized carbons (Fsp3) is 0.538. The molecule has 4 nitrogen and oxygen atoms in total. The van der Waals surface area contributed by atoms with Crippen LogP contribution in [0.4, 0.5) is 0 Å². The van der Waals surface area contributed by atoms with Crippen molar-refractivity contribution in [2.45, 2.75) is 31.7 Å². The summed E-state index contributed by atoms with van der Waals surface area (Å²) >= 11 is 0. The number of nitrogens with zero attached hydrogens (tertiary/aromatic N) is 1. The molecule has 1 aliphatic rings. The van der Waals surface area contributed by atoms with Gasteiger partial charge in [0, 0.05) is 18.9 Å². The highest BCUT2D eigenvalue weighted by atomic mass is 16.4. The molecule has 92 valence electrons. The molecule has 4 heteroatoms. The summed E-state index contributed by atoms with van der Waals surface area (Å²) in [5.74, 6) is -0.452. The second-order valence-electron chi connectivity index (χ2n) is 4.81. The number of carboxylic acids is 1. The van der Waals surface area contributed by atoms with Crippen molar-refractivity contribution >= 4 is 5.97 Å². The lowest BCUT2D eigenvalue weighted by Gasteiger charge is -2.26. The Morgan fingerprint density at radius 3 is 2.71 bits per heavy atom. The van der Waals surface area contributed by atoms with Gasteiger partial charge in [0.1, 0.15) is 5.54 Å². The average Bonchev–Trinajstić information content (AvgIpc) is 3.14. The van der Waals surface area contributed by atoms with E-state index < -0.39 is 11.5 Å². The minimum atomic E-state index is -0.757. The topological polar surface area (TPSA) is 62.2 Å². The van der Waals surface area contributed by atoms with Gasteiger partial charge in [-0.15, -0.1) is 0 Å². The summed E-state index contributed by atoms with van der Waals surface area (Å²) in [4.78, 5) is 15.2. The first-order chi connectivity index (χ1) is 8.13. The predicted octanol–water partition coefficient (Wildman–Crippen LogP) is 1.47. The molecule has 2 N–H and O–H groups in total. The fourth-order valence-corrected chi connectivity index (χ4v) is 2.07. The molecule has 0 aromatic carbocycles. The molecule has 2 rings (SSSR count). The SMILES string of the molecule is CC(NCCc1ccncc1)(C(=O)O)C1CC1. The van der Waals surface area contributed by atoms with Crippen LogP contribution in [0.1, 0.15) is 25.3 Å². The van der Waals surface area contributed by atoms with Gasteiger partial charge in [0.25, 0.3) is 0 Å². The quantitative estimate of drug-likeness (QED) is 0.782. The van der Waals surface area contributed by atoms with Crippen LogP contribution in [-0.2, 0) is 11.2 Å². The van der Waals surface area contributed by atoms with Crippen LogP contribution in [0.25, 0.3) is 0 Å². The van der Waals surface area contributed by atoms with Crippen molar-refractivity contribution < 1.29 is 9.90 Å². The highest BCUT2D eigenvalue weighted by molar-refractivity contribution is 5.79. The Morgan fingerprint density at radius 2 is 2.18 bits per heavy atom. The molecular weight excluding hydrogens is 216 g/mol. The van der Waals surface area contributed by atoms with E-state index in [1.165, 1.54) is 5.56 Å². The Hall–Kier alpha value is -1.42. The van der Waals surface area contributed by atoms with Crippen molar-refractivity contribution in [3.63, 3.8) is 0 Å². The smallest absolute Gasteiger partial charge is 0.323 e. The number of carboxylic acid groups (broad SMARTS) is 1. The zero-order chi connectivity index (χ0) is 12.3. The number of pyridine rings is 1. The molecule has 1 aliphatic carbocycles. The van der Waals surface area contributed by atoms with Crippen LogP contribution in [-0.4, -0.2) is 28.1 Å². The van der Waals surface area contributed by atoms with Crippen LogP contribution < -0.4 is 5.32 Å². The Morgan fingerprint density at radius 1 is 1.53 bits per heavy atom. The zero-order valence-electron chi connectivity index (χ0n) is 10.0. The maximum Gasteiger partial charge on any atom is 0.323 e. The Balaban J connectivity index is 1.86. The molecule has 17 heavy (non-hydrogen) atoms. The number of nitrogens with one attached hydrogen (secondary N) is 1. The van der Waals surface area contributed by atoms with E-state index in [0.717, 1.165) is 19.3 Å². The van der Waals surface area contributed by atoms with Crippen LogP contribution in [0, 0.1) is 5.92 Å². The Labute approximate surface area is 101 Å². The minimum absolute atomic E-state index is 0.289. The number of aliphatic carboxylic acids is 1. The maximum absolute atomic E-state index is 11.3. The summed E-state index contributed by atoms with van der Waals surface area (Å²) in [6, 6.07) is 3.91. The van der Waals surface area contributed by atoms with E-state index in [0.29, 0.717) is 6.54 Å². The molecule has 0 bridgehead atoms. The molecular formula is C13H18N2O2. The molecule has 0 radical (unpaired) electrons. The molecule has 1 aromatic heterocycles. The van der Waals surface area contributed by atoms with Crippen LogP contribution in [0.15, 0.2) is 24.5 Å². The van der Waals surface area contributed by atoms with Crippen LogP contribution >= 0.6 is 0 Å². The third-order valence-corrected chi connectivity index (χ3v) is 3.49. The number of hydrogen-bond acceptors (Lipinski definition) is 3. The van der Waals surface area contributed by atoms with Crippen molar-refractivity contribution in [2.24, 2.45) is 5.92 Å². The summed E-state index contributed by atoms with van der Waals surface area (Å²) < 4.78 is 0. The van der Waals surface area contributed by atoms with Gasteiger partial charge in [-0.3, -0.25) is 9.78 Å². The maximum atomic E-state index is 11.3. The Bertz CT molecular complexity index is 390. The van der Waals surface area contributed by atoms with Crippen molar-refractivity contribution in [2.75, 3.05) is 6.54 Å². The van der Waals surface area contributed by atoms with E-state index in [2.05, 4.69) is 10.3 Å². The van der Waals surface area contributed by atoms with Crippen LogP contribution in [0.5, 0.6) is 0 Å². The van der Waals surface area contributed by atoms with E-state index in [4.69, 9.17) is 0 Å². The molecule has 0 amide bonds. The zero-order valence-corrected chi connectivity index (χ0v) is 10.0. The van der Waals surface area contributed by atoms with Gasteiger partial charge in [0.2, 0.25) is 0 Å². The van der Waals surface area contributed by atoms with Gasteiger partial charge in [-0.05, 0) is 49.8 Å². The molecule has 1 atom stereocenters. The molecule has 1 aromatic rings. The van der Waals surface area contributed by atoms with E-state index in [1.807, 2.05) is 12.1 Å². The normalized spacial score (nSPS) is 18.6. The monoisotopic (exact) mass is 234 g/mol. The lowest BCUT2D eigenvalue weighted by atomic mass is 9.95. The summed E-state index contributed by atoms with van der Waals surface area (Å²) in [7, 11) is 0. The number of hydrogen-bond donors (Lipinski definition) is 2. The van der Waals surface area contributed by atoms with E-state index in [9.17, 15) is 9.90 Å². The molecule has 1 heterocycles. The second-order valence-corrected chi connectivity index (χ2v) is 4.81. The summed E-state index contributed by atoms with van der Waals surface area (Å²) in [6.45, 7) is 2.48. The molecule has 0 spiro atoms.